The molecule has 1 aromatic heterocycles. The van der Waals surface area contributed by atoms with Crippen molar-refractivity contribution in [2.24, 2.45) is 11.8 Å². The van der Waals surface area contributed by atoms with E-state index >= 15 is 0 Å². The van der Waals surface area contributed by atoms with Crippen molar-refractivity contribution < 1.29 is 0 Å². The van der Waals surface area contributed by atoms with Crippen LogP contribution in [0, 0.1) is 18.8 Å². The second-order valence-corrected chi connectivity index (χ2v) is 5.79. The van der Waals surface area contributed by atoms with Crippen LogP contribution in [0.2, 0.25) is 0 Å². The summed E-state index contributed by atoms with van der Waals surface area (Å²) in [6.45, 7) is 12.1. The predicted octanol–water partition coefficient (Wildman–Crippen LogP) is 3.09. The topological polar surface area (TPSA) is 41.1 Å². The predicted molar refractivity (Wildman–Crippen MR) is 80.7 cm³/mol. The molecule has 19 heavy (non-hydrogen) atoms. The van der Waals surface area contributed by atoms with Gasteiger partial charge in [0, 0.05) is 25.2 Å². The summed E-state index contributed by atoms with van der Waals surface area (Å²) < 4.78 is 0. The van der Waals surface area contributed by atoms with E-state index in [1.54, 1.807) is 6.33 Å². The summed E-state index contributed by atoms with van der Waals surface area (Å²) in [5, 5.41) is 3.38. The maximum Gasteiger partial charge on any atom is 0.137 e. The Balaban J connectivity index is 2.16. The van der Waals surface area contributed by atoms with Gasteiger partial charge in [0.15, 0.2) is 0 Å². The molecule has 0 aliphatic carbocycles. The Morgan fingerprint density at radius 2 is 2.11 bits per heavy atom. The van der Waals surface area contributed by atoms with Crippen LogP contribution in [0.5, 0.6) is 0 Å². The summed E-state index contributed by atoms with van der Waals surface area (Å²) in [6.07, 6.45) is 4.04. The lowest BCUT2D eigenvalue weighted by Gasteiger charge is -2.36. The van der Waals surface area contributed by atoms with Crippen molar-refractivity contribution in [2.45, 2.75) is 40.5 Å². The van der Waals surface area contributed by atoms with Gasteiger partial charge in [-0.25, -0.2) is 9.97 Å². The van der Waals surface area contributed by atoms with Crippen LogP contribution >= 0.6 is 0 Å². The molecular weight excluding hydrogens is 236 g/mol. The van der Waals surface area contributed by atoms with Gasteiger partial charge < -0.3 is 10.2 Å². The van der Waals surface area contributed by atoms with Gasteiger partial charge in [-0.3, -0.25) is 0 Å². The monoisotopic (exact) mass is 262 g/mol. The highest BCUT2D eigenvalue weighted by Gasteiger charge is 2.25. The van der Waals surface area contributed by atoms with E-state index < -0.39 is 0 Å². The average molecular weight is 262 g/mol. The maximum atomic E-state index is 4.50. The molecule has 0 spiro atoms. The van der Waals surface area contributed by atoms with Crippen LogP contribution in [0.4, 0.5) is 11.6 Å². The third-order valence-corrected chi connectivity index (χ3v) is 4.23. The summed E-state index contributed by atoms with van der Waals surface area (Å²) in [5.74, 6) is 3.64. The summed E-state index contributed by atoms with van der Waals surface area (Å²) >= 11 is 0. The summed E-state index contributed by atoms with van der Waals surface area (Å²) in [5.41, 5.74) is 1.18. The smallest absolute Gasteiger partial charge is 0.137 e. The number of anilines is 2. The van der Waals surface area contributed by atoms with Crippen LogP contribution in [0.1, 0.15) is 39.2 Å². The van der Waals surface area contributed by atoms with E-state index in [9.17, 15) is 0 Å². The molecule has 0 aromatic carbocycles. The Bertz CT molecular complexity index is 419. The Kier molecular flexibility index (Phi) is 4.61. The highest BCUT2D eigenvalue weighted by molar-refractivity contribution is 5.58. The number of rotatable bonds is 4. The molecule has 106 valence electrons. The fourth-order valence-electron chi connectivity index (χ4n) is 2.64. The molecule has 4 heteroatoms. The van der Waals surface area contributed by atoms with Crippen molar-refractivity contribution in [3.8, 4) is 0 Å². The van der Waals surface area contributed by atoms with E-state index in [0.717, 1.165) is 49.5 Å². The molecule has 2 heterocycles. The number of aromatic nitrogens is 2. The lowest BCUT2D eigenvalue weighted by atomic mass is 9.88. The van der Waals surface area contributed by atoms with Gasteiger partial charge in [0.2, 0.25) is 0 Å². The summed E-state index contributed by atoms with van der Waals surface area (Å²) in [7, 11) is 0. The maximum absolute atomic E-state index is 4.50. The van der Waals surface area contributed by atoms with Gasteiger partial charge in [-0.15, -0.1) is 0 Å². The number of hydrogen-bond donors (Lipinski definition) is 1. The van der Waals surface area contributed by atoms with Crippen LogP contribution in [0.3, 0.4) is 0 Å². The molecule has 1 aromatic rings. The third kappa shape index (κ3) is 3.17. The van der Waals surface area contributed by atoms with Crippen molar-refractivity contribution in [1.29, 1.82) is 0 Å². The van der Waals surface area contributed by atoms with E-state index in [4.69, 9.17) is 0 Å². The second-order valence-electron chi connectivity index (χ2n) is 5.79. The standard InChI is InChI=1S/C15H26N4/c1-5-7-16-14-13(4)15(18-10-17-14)19-8-6-11(2)12(3)9-19/h10-12H,5-9H2,1-4H3,(H,16,17,18). The second kappa shape index (κ2) is 6.22. The van der Waals surface area contributed by atoms with Crippen molar-refractivity contribution in [3.05, 3.63) is 11.9 Å². The quantitative estimate of drug-likeness (QED) is 0.905. The van der Waals surface area contributed by atoms with Gasteiger partial charge in [-0.1, -0.05) is 20.8 Å². The molecule has 1 fully saturated rings. The number of hydrogen-bond acceptors (Lipinski definition) is 4. The van der Waals surface area contributed by atoms with Gasteiger partial charge in [-0.2, -0.15) is 0 Å². The van der Waals surface area contributed by atoms with Crippen LogP contribution in [-0.2, 0) is 0 Å². The first-order chi connectivity index (χ1) is 9.13. The SMILES string of the molecule is CCCNc1ncnc(N2CCC(C)C(C)C2)c1C. The molecule has 1 N–H and O–H groups in total. The van der Waals surface area contributed by atoms with Crippen LogP contribution in [0.15, 0.2) is 6.33 Å². The minimum Gasteiger partial charge on any atom is -0.370 e. The molecule has 0 radical (unpaired) electrons. The molecular formula is C15H26N4. The van der Waals surface area contributed by atoms with Crippen molar-refractivity contribution in [2.75, 3.05) is 29.9 Å². The first-order valence-electron chi connectivity index (χ1n) is 7.43. The zero-order valence-corrected chi connectivity index (χ0v) is 12.6. The van der Waals surface area contributed by atoms with Gasteiger partial charge in [-0.05, 0) is 31.6 Å². The minimum absolute atomic E-state index is 0.732. The summed E-state index contributed by atoms with van der Waals surface area (Å²) in [6, 6.07) is 0. The third-order valence-electron chi connectivity index (χ3n) is 4.23. The Morgan fingerprint density at radius 3 is 2.79 bits per heavy atom. The van der Waals surface area contributed by atoms with Gasteiger partial charge >= 0.3 is 0 Å². The Labute approximate surface area is 116 Å². The molecule has 1 aliphatic heterocycles. The zero-order chi connectivity index (χ0) is 13.8. The number of piperidine rings is 1. The number of nitrogens with one attached hydrogen (secondary N) is 1. The fraction of sp³-hybridized carbons (Fsp3) is 0.733. The highest BCUT2D eigenvalue weighted by atomic mass is 15.2. The fourth-order valence-corrected chi connectivity index (χ4v) is 2.64. The molecule has 0 saturated carbocycles. The molecule has 2 unspecified atom stereocenters. The van der Waals surface area contributed by atoms with Crippen LogP contribution in [-0.4, -0.2) is 29.6 Å². The van der Waals surface area contributed by atoms with Crippen molar-refractivity contribution >= 4 is 11.6 Å². The van der Waals surface area contributed by atoms with Crippen LogP contribution in [0.25, 0.3) is 0 Å². The first-order valence-corrected chi connectivity index (χ1v) is 7.43. The largest absolute Gasteiger partial charge is 0.370 e. The molecule has 1 saturated heterocycles. The molecule has 0 bridgehead atoms. The van der Waals surface area contributed by atoms with Gasteiger partial charge in [0.05, 0.1) is 0 Å². The van der Waals surface area contributed by atoms with Gasteiger partial charge in [0.1, 0.15) is 18.0 Å². The zero-order valence-electron chi connectivity index (χ0n) is 12.6. The molecule has 1 aliphatic rings. The Morgan fingerprint density at radius 1 is 1.32 bits per heavy atom. The van der Waals surface area contributed by atoms with Crippen molar-refractivity contribution in [1.82, 2.24) is 9.97 Å². The van der Waals surface area contributed by atoms with Crippen molar-refractivity contribution in [3.63, 3.8) is 0 Å². The van der Waals surface area contributed by atoms with Crippen LogP contribution < -0.4 is 10.2 Å². The normalized spacial score (nSPS) is 23.5. The lowest BCUT2D eigenvalue weighted by Crippen LogP contribution is -2.39. The van der Waals surface area contributed by atoms with E-state index in [2.05, 4.69) is 47.9 Å². The molecule has 2 atom stereocenters. The average Bonchev–Trinajstić information content (AvgIpc) is 2.41. The molecule has 2 rings (SSSR count). The molecule has 0 amide bonds. The summed E-state index contributed by atoms with van der Waals surface area (Å²) in [4.78, 5) is 11.3. The Hall–Kier alpha value is -1.32. The van der Waals surface area contributed by atoms with E-state index in [1.807, 2.05) is 0 Å². The first kappa shape index (κ1) is 14.1. The molecule has 4 nitrogen and oxygen atoms in total. The minimum atomic E-state index is 0.732. The number of nitrogens with zero attached hydrogens (tertiary/aromatic N) is 3. The van der Waals surface area contributed by atoms with Gasteiger partial charge in [0.25, 0.3) is 0 Å². The van der Waals surface area contributed by atoms with E-state index in [-0.39, 0.29) is 0 Å². The van der Waals surface area contributed by atoms with E-state index in [1.165, 1.54) is 12.0 Å². The lowest BCUT2D eigenvalue weighted by molar-refractivity contribution is 0.322. The van der Waals surface area contributed by atoms with E-state index in [0.29, 0.717) is 0 Å². The highest BCUT2D eigenvalue weighted by Crippen LogP contribution is 2.29.